The smallest absolute Gasteiger partial charge is 0.262 e. The Kier molecular flexibility index (Phi) is 4.84. The Labute approximate surface area is 144 Å². The van der Waals surface area contributed by atoms with Crippen LogP contribution in [0.25, 0.3) is 11.4 Å². The van der Waals surface area contributed by atoms with Crippen molar-refractivity contribution in [3.63, 3.8) is 0 Å². The Morgan fingerprint density at radius 3 is 2.76 bits per heavy atom. The lowest BCUT2D eigenvalue weighted by molar-refractivity contribution is -0.118. The fourth-order valence-electron chi connectivity index (χ4n) is 2.24. The molecular weight excluding hydrogens is 320 g/mol. The van der Waals surface area contributed by atoms with Gasteiger partial charge >= 0.3 is 0 Å². The first-order valence-electron chi connectivity index (χ1n) is 7.61. The minimum Gasteiger partial charge on any atom is -0.484 e. The second-order valence-corrected chi connectivity index (χ2v) is 5.34. The zero-order valence-electron chi connectivity index (χ0n) is 13.5. The number of rotatable bonds is 6. The fourth-order valence-corrected chi connectivity index (χ4v) is 2.24. The summed E-state index contributed by atoms with van der Waals surface area (Å²) in [5, 5.41) is 9.33. The molecule has 1 aromatic heterocycles. The lowest BCUT2D eigenvalue weighted by Gasteiger charge is -2.09. The number of ether oxygens (including phenoxy) is 1. The van der Waals surface area contributed by atoms with Gasteiger partial charge in [-0.1, -0.05) is 24.3 Å². The zero-order chi connectivity index (χ0) is 17.6. The number of hydrogen-bond donors (Lipinski definition) is 2. The van der Waals surface area contributed by atoms with Gasteiger partial charge in [0.1, 0.15) is 12.1 Å². The van der Waals surface area contributed by atoms with Crippen molar-refractivity contribution >= 4 is 17.4 Å². The molecule has 3 rings (SSSR count). The molecule has 7 heteroatoms. The Hall–Kier alpha value is -3.48. The molecule has 1 heterocycles. The number of aromatic amines is 1. The SMILES string of the molecule is CC(=O)c1cccc(OCC(=O)Nc2cccc(-c3ncn[nH]3)c2)c1. The Bertz CT molecular complexity index is 891. The number of carbonyl (C=O) groups excluding carboxylic acids is 2. The van der Waals surface area contributed by atoms with Crippen molar-refractivity contribution in [2.24, 2.45) is 0 Å². The first-order valence-corrected chi connectivity index (χ1v) is 7.61. The van der Waals surface area contributed by atoms with E-state index in [1.807, 2.05) is 12.1 Å². The number of amides is 1. The second kappa shape index (κ2) is 7.39. The van der Waals surface area contributed by atoms with E-state index in [4.69, 9.17) is 4.74 Å². The number of H-pyrrole nitrogens is 1. The van der Waals surface area contributed by atoms with E-state index in [1.165, 1.54) is 13.3 Å². The van der Waals surface area contributed by atoms with Crippen LogP contribution in [0.15, 0.2) is 54.9 Å². The molecule has 25 heavy (non-hydrogen) atoms. The summed E-state index contributed by atoms with van der Waals surface area (Å²) in [5.41, 5.74) is 1.98. The number of benzene rings is 2. The van der Waals surface area contributed by atoms with Crippen molar-refractivity contribution in [3.05, 3.63) is 60.4 Å². The molecule has 126 valence electrons. The quantitative estimate of drug-likeness (QED) is 0.675. The molecule has 0 unspecified atom stereocenters. The number of carbonyl (C=O) groups is 2. The largest absolute Gasteiger partial charge is 0.484 e. The third kappa shape index (κ3) is 4.29. The highest BCUT2D eigenvalue weighted by atomic mass is 16.5. The van der Waals surface area contributed by atoms with E-state index in [9.17, 15) is 9.59 Å². The van der Waals surface area contributed by atoms with E-state index >= 15 is 0 Å². The predicted octanol–water partition coefficient (Wildman–Crippen LogP) is 2.69. The highest BCUT2D eigenvalue weighted by Crippen LogP contribution is 2.19. The molecule has 0 aliphatic heterocycles. The topological polar surface area (TPSA) is 97.0 Å². The van der Waals surface area contributed by atoms with Gasteiger partial charge in [-0.15, -0.1) is 0 Å². The van der Waals surface area contributed by atoms with E-state index in [0.29, 0.717) is 22.8 Å². The molecule has 0 aliphatic carbocycles. The predicted molar refractivity (Wildman–Crippen MR) is 92.4 cm³/mol. The number of nitrogens with one attached hydrogen (secondary N) is 2. The fraction of sp³-hybridized carbons (Fsp3) is 0.111. The molecule has 0 saturated heterocycles. The van der Waals surface area contributed by atoms with Crippen LogP contribution < -0.4 is 10.1 Å². The molecule has 0 fully saturated rings. The van der Waals surface area contributed by atoms with Crippen LogP contribution in [0.5, 0.6) is 5.75 Å². The van der Waals surface area contributed by atoms with E-state index in [-0.39, 0.29) is 18.3 Å². The third-order valence-electron chi connectivity index (χ3n) is 3.45. The van der Waals surface area contributed by atoms with Crippen LogP contribution in [-0.4, -0.2) is 33.5 Å². The maximum Gasteiger partial charge on any atom is 0.262 e. The van der Waals surface area contributed by atoms with Gasteiger partial charge in [0.25, 0.3) is 5.91 Å². The minimum atomic E-state index is -0.303. The highest BCUT2D eigenvalue weighted by molar-refractivity contribution is 5.94. The lowest BCUT2D eigenvalue weighted by atomic mass is 10.1. The van der Waals surface area contributed by atoms with Crippen LogP contribution in [0.3, 0.4) is 0 Å². The van der Waals surface area contributed by atoms with Gasteiger partial charge in [0, 0.05) is 16.8 Å². The summed E-state index contributed by atoms with van der Waals surface area (Å²) in [6.07, 6.45) is 1.42. The van der Waals surface area contributed by atoms with Crippen molar-refractivity contribution in [1.29, 1.82) is 0 Å². The van der Waals surface area contributed by atoms with Gasteiger partial charge < -0.3 is 10.1 Å². The molecule has 3 aromatic rings. The first kappa shape index (κ1) is 16.4. The van der Waals surface area contributed by atoms with Crippen LogP contribution in [0.1, 0.15) is 17.3 Å². The summed E-state index contributed by atoms with van der Waals surface area (Å²) in [4.78, 5) is 27.5. The normalized spacial score (nSPS) is 10.3. The summed E-state index contributed by atoms with van der Waals surface area (Å²) in [7, 11) is 0. The Morgan fingerprint density at radius 1 is 1.16 bits per heavy atom. The Balaban J connectivity index is 1.60. The summed E-state index contributed by atoms with van der Waals surface area (Å²) >= 11 is 0. The monoisotopic (exact) mass is 336 g/mol. The molecule has 7 nitrogen and oxygen atoms in total. The van der Waals surface area contributed by atoms with Crippen molar-refractivity contribution < 1.29 is 14.3 Å². The molecule has 0 aliphatic rings. The van der Waals surface area contributed by atoms with Crippen molar-refractivity contribution in [2.45, 2.75) is 6.92 Å². The molecule has 0 atom stereocenters. The third-order valence-corrected chi connectivity index (χ3v) is 3.45. The van der Waals surface area contributed by atoms with Crippen LogP contribution in [0.2, 0.25) is 0 Å². The van der Waals surface area contributed by atoms with Gasteiger partial charge in [-0.3, -0.25) is 14.7 Å². The minimum absolute atomic E-state index is 0.0564. The van der Waals surface area contributed by atoms with Gasteiger partial charge in [0.2, 0.25) is 0 Å². The van der Waals surface area contributed by atoms with Crippen LogP contribution in [0.4, 0.5) is 5.69 Å². The summed E-state index contributed by atoms with van der Waals surface area (Å²) in [6.45, 7) is 1.32. The van der Waals surface area contributed by atoms with Gasteiger partial charge in [-0.2, -0.15) is 5.10 Å². The number of anilines is 1. The van der Waals surface area contributed by atoms with Crippen molar-refractivity contribution in [1.82, 2.24) is 15.2 Å². The Morgan fingerprint density at radius 2 is 2.00 bits per heavy atom. The zero-order valence-corrected chi connectivity index (χ0v) is 13.5. The molecule has 1 amide bonds. The van der Waals surface area contributed by atoms with Crippen LogP contribution in [0, 0.1) is 0 Å². The molecule has 0 saturated carbocycles. The number of hydrogen-bond acceptors (Lipinski definition) is 5. The van der Waals surface area contributed by atoms with Crippen molar-refractivity contribution in [3.8, 4) is 17.1 Å². The lowest BCUT2D eigenvalue weighted by Crippen LogP contribution is -2.20. The standard InChI is InChI=1S/C18H16N4O3/c1-12(23)13-4-3-7-16(9-13)25-10-17(24)21-15-6-2-5-14(8-15)18-19-11-20-22-18/h2-9,11H,10H2,1H3,(H,21,24)(H,19,20,22). The molecular formula is C18H16N4O3. The number of ketones is 1. The summed E-state index contributed by atoms with van der Waals surface area (Å²) in [5.74, 6) is 0.730. The molecule has 0 spiro atoms. The van der Waals surface area contributed by atoms with Crippen LogP contribution in [-0.2, 0) is 4.79 Å². The molecule has 2 N–H and O–H groups in total. The van der Waals surface area contributed by atoms with Crippen molar-refractivity contribution in [2.75, 3.05) is 11.9 Å². The van der Waals surface area contributed by atoms with Gasteiger partial charge in [0.15, 0.2) is 18.2 Å². The average molecular weight is 336 g/mol. The maximum absolute atomic E-state index is 12.1. The first-order chi connectivity index (χ1) is 12.1. The van der Waals surface area contributed by atoms with Gasteiger partial charge in [-0.05, 0) is 31.2 Å². The summed E-state index contributed by atoms with van der Waals surface area (Å²) < 4.78 is 5.44. The number of nitrogens with zero attached hydrogens (tertiary/aromatic N) is 2. The van der Waals surface area contributed by atoms with E-state index in [2.05, 4.69) is 20.5 Å². The van der Waals surface area contributed by atoms with E-state index < -0.39 is 0 Å². The number of aromatic nitrogens is 3. The van der Waals surface area contributed by atoms with E-state index in [0.717, 1.165) is 5.56 Å². The maximum atomic E-state index is 12.1. The van der Waals surface area contributed by atoms with Gasteiger partial charge in [-0.25, -0.2) is 4.98 Å². The van der Waals surface area contributed by atoms with E-state index in [1.54, 1.807) is 36.4 Å². The molecule has 0 bridgehead atoms. The van der Waals surface area contributed by atoms with Gasteiger partial charge in [0.05, 0.1) is 0 Å². The average Bonchev–Trinajstić information content (AvgIpc) is 3.15. The second-order valence-electron chi connectivity index (χ2n) is 5.34. The number of Topliss-reactive ketones (excluding diaryl/α,β-unsaturated/α-hetero) is 1. The highest BCUT2D eigenvalue weighted by Gasteiger charge is 2.07. The molecule has 0 radical (unpaired) electrons. The van der Waals surface area contributed by atoms with Crippen LogP contribution >= 0.6 is 0 Å². The molecule has 2 aromatic carbocycles. The summed E-state index contributed by atoms with van der Waals surface area (Å²) in [6, 6.07) is 14.0.